The van der Waals surface area contributed by atoms with Crippen LogP contribution in [0.5, 0.6) is 0 Å². The third-order valence-corrected chi connectivity index (χ3v) is 4.16. The maximum Gasteiger partial charge on any atom is 0.338 e. The van der Waals surface area contributed by atoms with Gasteiger partial charge in [-0.2, -0.15) is 0 Å². The normalized spacial score (nSPS) is 17.9. The largest absolute Gasteiger partial charge is 0.459 e. The van der Waals surface area contributed by atoms with E-state index in [1.807, 2.05) is 0 Å². The fourth-order valence-corrected chi connectivity index (χ4v) is 3.22. The monoisotopic (exact) mass is 321 g/mol. The van der Waals surface area contributed by atoms with E-state index in [-0.39, 0.29) is 28.3 Å². The molecular weight excluding hydrogens is 302 g/mol. The number of hydrogen-bond acceptors (Lipinski definition) is 5. The molecule has 0 radical (unpaired) electrons. The van der Waals surface area contributed by atoms with Gasteiger partial charge in [0.25, 0.3) is 0 Å². The number of anilines is 1. The van der Waals surface area contributed by atoms with Crippen LogP contribution in [0.4, 0.5) is 5.69 Å². The van der Waals surface area contributed by atoms with Gasteiger partial charge in [0.15, 0.2) is 5.12 Å². The molecule has 1 aromatic rings. The molecule has 1 heterocycles. The Morgan fingerprint density at radius 2 is 1.91 bits per heavy atom. The van der Waals surface area contributed by atoms with Crippen LogP contribution in [0.2, 0.25) is 0 Å². The maximum atomic E-state index is 12.0. The highest BCUT2D eigenvalue weighted by Crippen LogP contribution is 2.28. The number of ether oxygens (including phenoxy) is 1. The fourth-order valence-electron chi connectivity index (χ4n) is 2.30. The van der Waals surface area contributed by atoms with E-state index in [1.165, 1.54) is 18.7 Å². The van der Waals surface area contributed by atoms with Crippen molar-refractivity contribution in [3.05, 3.63) is 29.8 Å². The molecule has 6 heteroatoms. The highest BCUT2D eigenvalue weighted by molar-refractivity contribution is 8.14. The lowest BCUT2D eigenvalue weighted by Gasteiger charge is -2.17. The Bertz CT molecular complexity index is 582. The highest BCUT2D eigenvalue weighted by atomic mass is 32.2. The van der Waals surface area contributed by atoms with E-state index in [2.05, 4.69) is 0 Å². The van der Waals surface area contributed by atoms with Crippen molar-refractivity contribution < 1.29 is 19.1 Å². The standard InChI is InChI=1S/C16H19NO4S/c1-10(2)21-16(20)12-4-6-13(7-5-12)17-9-14(8-15(17)19)22-11(3)18/h4-7,10,14H,8-9H2,1-3H3. The molecule has 0 spiro atoms. The molecule has 1 amide bonds. The summed E-state index contributed by atoms with van der Waals surface area (Å²) in [5.41, 5.74) is 1.19. The first kappa shape index (κ1) is 16.5. The number of carbonyl (C=O) groups is 3. The van der Waals surface area contributed by atoms with Crippen LogP contribution in [-0.4, -0.2) is 34.9 Å². The first-order valence-electron chi connectivity index (χ1n) is 7.15. The highest BCUT2D eigenvalue weighted by Gasteiger charge is 2.31. The third kappa shape index (κ3) is 4.10. The van der Waals surface area contributed by atoms with Gasteiger partial charge in [-0.25, -0.2) is 4.79 Å². The molecule has 0 aromatic heterocycles. The van der Waals surface area contributed by atoms with Crippen molar-refractivity contribution in [3.63, 3.8) is 0 Å². The zero-order valence-electron chi connectivity index (χ0n) is 12.9. The van der Waals surface area contributed by atoms with Crippen molar-refractivity contribution in [1.82, 2.24) is 0 Å². The third-order valence-electron chi connectivity index (χ3n) is 3.18. The molecule has 1 aliphatic heterocycles. The lowest BCUT2D eigenvalue weighted by atomic mass is 10.2. The van der Waals surface area contributed by atoms with Crippen LogP contribution in [0.1, 0.15) is 37.6 Å². The summed E-state index contributed by atoms with van der Waals surface area (Å²) in [5.74, 6) is -0.379. The molecule has 22 heavy (non-hydrogen) atoms. The smallest absolute Gasteiger partial charge is 0.338 e. The van der Waals surface area contributed by atoms with Gasteiger partial charge < -0.3 is 9.64 Å². The molecule has 1 unspecified atom stereocenters. The molecule has 0 N–H and O–H groups in total. The van der Waals surface area contributed by atoms with Gasteiger partial charge in [0, 0.05) is 30.8 Å². The van der Waals surface area contributed by atoms with E-state index in [9.17, 15) is 14.4 Å². The van der Waals surface area contributed by atoms with Crippen molar-refractivity contribution in [1.29, 1.82) is 0 Å². The van der Waals surface area contributed by atoms with Crippen LogP contribution in [0.3, 0.4) is 0 Å². The number of amides is 1. The average molecular weight is 321 g/mol. The van der Waals surface area contributed by atoms with E-state index in [0.29, 0.717) is 18.5 Å². The van der Waals surface area contributed by atoms with E-state index >= 15 is 0 Å². The van der Waals surface area contributed by atoms with E-state index < -0.39 is 0 Å². The number of carbonyl (C=O) groups excluding carboxylic acids is 3. The second kappa shape index (κ2) is 6.96. The second-order valence-electron chi connectivity index (χ2n) is 5.44. The Labute approximate surface area is 134 Å². The Morgan fingerprint density at radius 1 is 1.27 bits per heavy atom. The summed E-state index contributed by atoms with van der Waals surface area (Å²) >= 11 is 1.20. The number of benzene rings is 1. The van der Waals surface area contributed by atoms with Crippen LogP contribution in [0, 0.1) is 0 Å². The minimum atomic E-state index is -0.376. The van der Waals surface area contributed by atoms with Crippen LogP contribution >= 0.6 is 11.8 Å². The van der Waals surface area contributed by atoms with Gasteiger partial charge in [-0.15, -0.1) is 0 Å². The number of rotatable bonds is 4. The maximum absolute atomic E-state index is 12.0. The lowest BCUT2D eigenvalue weighted by molar-refractivity contribution is -0.117. The first-order valence-corrected chi connectivity index (χ1v) is 8.03. The fraction of sp³-hybridized carbons (Fsp3) is 0.438. The van der Waals surface area contributed by atoms with Gasteiger partial charge in [0.1, 0.15) is 0 Å². The zero-order valence-corrected chi connectivity index (χ0v) is 13.7. The summed E-state index contributed by atoms with van der Waals surface area (Å²) in [7, 11) is 0. The Morgan fingerprint density at radius 3 is 2.45 bits per heavy atom. The van der Waals surface area contributed by atoms with Crippen LogP contribution in [0.25, 0.3) is 0 Å². The number of thioether (sulfide) groups is 1. The van der Waals surface area contributed by atoms with Crippen molar-refractivity contribution in [3.8, 4) is 0 Å². The van der Waals surface area contributed by atoms with Gasteiger partial charge >= 0.3 is 5.97 Å². The van der Waals surface area contributed by atoms with Gasteiger partial charge in [-0.1, -0.05) is 11.8 Å². The Balaban J connectivity index is 2.06. The number of hydrogen-bond donors (Lipinski definition) is 0. The van der Waals surface area contributed by atoms with E-state index in [4.69, 9.17) is 4.74 Å². The summed E-state index contributed by atoms with van der Waals surface area (Å²) in [4.78, 5) is 36.6. The van der Waals surface area contributed by atoms with E-state index in [1.54, 1.807) is 43.0 Å². The molecule has 1 fully saturated rings. The molecule has 1 aliphatic rings. The molecule has 0 aliphatic carbocycles. The van der Waals surface area contributed by atoms with Crippen LogP contribution < -0.4 is 4.90 Å². The van der Waals surface area contributed by atoms with Crippen molar-refractivity contribution in [2.24, 2.45) is 0 Å². The summed E-state index contributed by atoms with van der Waals surface area (Å²) in [6, 6.07) is 6.77. The summed E-state index contributed by atoms with van der Waals surface area (Å²) in [5, 5.41) is 0.0158. The summed E-state index contributed by atoms with van der Waals surface area (Å²) in [6.07, 6.45) is 0.193. The van der Waals surface area contributed by atoms with Crippen LogP contribution in [-0.2, 0) is 14.3 Å². The van der Waals surface area contributed by atoms with Gasteiger partial charge in [-0.3, -0.25) is 9.59 Å². The number of nitrogens with zero attached hydrogens (tertiary/aromatic N) is 1. The topological polar surface area (TPSA) is 63.7 Å². The van der Waals surface area contributed by atoms with E-state index in [0.717, 1.165) is 5.69 Å². The second-order valence-corrected chi connectivity index (χ2v) is 6.92. The SMILES string of the molecule is CC(=O)SC1CC(=O)N(c2ccc(C(=O)OC(C)C)cc2)C1. The molecular formula is C16H19NO4S. The zero-order chi connectivity index (χ0) is 16.3. The van der Waals surface area contributed by atoms with Crippen LogP contribution in [0.15, 0.2) is 24.3 Å². The Kier molecular flexibility index (Phi) is 5.24. The van der Waals surface area contributed by atoms with Crippen molar-refractivity contribution >= 4 is 34.4 Å². The van der Waals surface area contributed by atoms with Crippen molar-refractivity contribution in [2.45, 2.75) is 38.5 Å². The molecule has 5 nitrogen and oxygen atoms in total. The molecule has 2 rings (SSSR count). The lowest BCUT2D eigenvalue weighted by Crippen LogP contribution is -2.25. The molecule has 0 saturated carbocycles. The average Bonchev–Trinajstić information content (AvgIpc) is 2.78. The minimum Gasteiger partial charge on any atom is -0.459 e. The van der Waals surface area contributed by atoms with Gasteiger partial charge in [0.05, 0.1) is 11.7 Å². The molecule has 1 aromatic carbocycles. The minimum absolute atomic E-state index is 0.00347. The number of esters is 1. The molecule has 118 valence electrons. The Hall–Kier alpha value is -1.82. The molecule has 1 atom stereocenters. The molecule has 0 bridgehead atoms. The predicted octanol–water partition coefficient (Wildman–Crippen LogP) is 2.64. The van der Waals surface area contributed by atoms with Gasteiger partial charge in [-0.05, 0) is 38.1 Å². The summed E-state index contributed by atoms with van der Waals surface area (Å²) < 4.78 is 5.12. The van der Waals surface area contributed by atoms with Gasteiger partial charge in [0.2, 0.25) is 5.91 Å². The first-order chi connectivity index (χ1) is 10.4. The van der Waals surface area contributed by atoms with Crippen molar-refractivity contribution in [2.75, 3.05) is 11.4 Å². The predicted molar refractivity (Wildman–Crippen MR) is 86.0 cm³/mol. The quantitative estimate of drug-likeness (QED) is 0.798. The summed E-state index contributed by atoms with van der Waals surface area (Å²) in [6.45, 7) is 5.61. The molecule has 1 saturated heterocycles.